The SMILES string of the molecule is CSc1ccccc1[As](CC(=O)O)CC(=O)O. The van der Waals surface area contributed by atoms with Crippen LogP contribution in [0.1, 0.15) is 0 Å². The van der Waals surface area contributed by atoms with Gasteiger partial charge in [-0.2, -0.15) is 0 Å². The molecule has 0 heterocycles. The van der Waals surface area contributed by atoms with Gasteiger partial charge in [-0.05, 0) is 0 Å². The Labute approximate surface area is 108 Å². The van der Waals surface area contributed by atoms with Crippen molar-refractivity contribution in [1.82, 2.24) is 0 Å². The van der Waals surface area contributed by atoms with Crippen LogP contribution in [0.3, 0.4) is 0 Å². The number of thioether (sulfide) groups is 1. The molecule has 0 fully saturated rings. The Balaban J connectivity index is 3.02. The van der Waals surface area contributed by atoms with Crippen LogP contribution in [0.5, 0.6) is 0 Å². The van der Waals surface area contributed by atoms with Crippen molar-refractivity contribution in [2.45, 2.75) is 15.3 Å². The summed E-state index contributed by atoms with van der Waals surface area (Å²) in [6, 6.07) is 7.48. The molecule has 0 aliphatic rings. The van der Waals surface area contributed by atoms with Crippen molar-refractivity contribution in [2.75, 3.05) is 6.26 Å². The van der Waals surface area contributed by atoms with Crippen molar-refractivity contribution >= 4 is 42.7 Å². The summed E-state index contributed by atoms with van der Waals surface area (Å²) in [7, 11) is 0. The molecule has 0 spiro atoms. The van der Waals surface area contributed by atoms with E-state index >= 15 is 0 Å². The Kier molecular flexibility index (Phi) is 5.58. The molecule has 0 aliphatic heterocycles. The van der Waals surface area contributed by atoms with E-state index < -0.39 is 26.6 Å². The number of carboxylic acids is 2. The molecule has 0 aliphatic carbocycles. The van der Waals surface area contributed by atoms with Crippen LogP contribution in [-0.4, -0.2) is 43.1 Å². The van der Waals surface area contributed by atoms with Crippen LogP contribution in [0.4, 0.5) is 0 Å². The van der Waals surface area contributed by atoms with Crippen LogP contribution in [0, 0.1) is 0 Å². The summed E-state index contributed by atoms with van der Waals surface area (Å²) < 4.78 is 0.942. The summed E-state index contributed by atoms with van der Waals surface area (Å²) in [6.07, 6.45) is 1.91. The first-order valence-electron chi connectivity index (χ1n) is 4.86. The van der Waals surface area contributed by atoms with E-state index in [4.69, 9.17) is 10.2 Å². The van der Waals surface area contributed by atoms with E-state index in [0.717, 1.165) is 9.25 Å². The summed E-state index contributed by atoms with van der Waals surface area (Å²) >= 11 is -0.532. The van der Waals surface area contributed by atoms with E-state index in [1.54, 1.807) is 0 Å². The summed E-state index contributed by atoms with van der Waals surface area (Å²) in [5.41, 5.74) is 0. The van der Waals surface area contributed by atoms with Crippen LogP contribution >= 0.6 is 11.8 Å². The second-order valence-corrected chi connectivity index (χ2v) is 8.77. The zero-order valence-electron chi connectivity index (χ0n) is 9.29. The Morgan fingerprint density at radius 1 is 1.18 bits per heavy atom. The topological polar surface area (TPSA) is 74.6 Å². The summed E-state index contributed by atoms with van der Waals surface area (Å²) in [4.78, 5) is 22.6. The first-order chi connectivity index (χ1) is 8.04. The predicted molar refractivity (Wildman–Crippen MR) is 68.5 cm³/mol. The van der Waals surface area contributed by atoms with Gasteiger partial charge in [0.2, 0.25) is 0 Å². The molecule has 0 atom stereocenters. The van der Waals surface area contributed by atoms with E-state index in [1.807, 2.05) is 30.5 Å². The third-order valence-corrected chi connectivity index (χ3v) is 8.19. The minimum atomic E-state index is -2.06. The van der Waals surface area contributed by atoms with E-state index in [2.05, 4.69) is 0 Å². The van der Waals surface area contributed by atoms with Crippen molar-refractivity contribution < 1.29 is 19.8 Å². The van der Waals surface area contributed by atoms with Gasteiger partial charge in [-0.25, -0.2) is 0 Å². The Morgan fingerprint density at radius 2 is 1.71 bits per heavy atom. The van der Waals surface area contributed by atoms with Gasteiger partial charge in [0.05, 0.1) is 0 Å². The quantitative estimate of drug-likeness (QED) is 0.611. The molecule has 6 heteroatoms. The molecule has 0 aromatic heterocycles. The number of rotatable bonds is 6. The van der Waals surface area contributed by atoms with Crippen LogP contribution in [-0.2, 0) is 9.59 Å². The zero-order chi connectivity index (χ0) is 12.8. The van der Waals surface area contributed by atoms with Gasteiger partial charge in [0.1, 0.15) is 0 Å². The van der Waals surface area contributed by atoms with Crippen molar-refractivity contribution in [2.24, 2.45) is 0 Å². The standard InChI is InChI=1S/C11H13AsO4S/c1-17-9-5-3-2-4-8(9)12(6-10(13)14)7-11(15)16/h2-5H,6-7H2,1H3,(H,13,14)(H,15,16). The third-order valence-electron chi connectivity index (χ3n) is 2.08. The van der Waals surface area contributed by atoms with Gasteiger partial charge in [0.25, 0.3) is 0 Å². The fraction of sp³-hybridized carbons (Fsp3) is 0.273. The Hall–Kier alpha value is -0.932. The molecule has 2 N–H and O–H groups in total. The van der Waals surface area contributed by atoms with Crippen molar-refractivity contribution in [3.05, 3.63) is 24.3 Å². The molecule has 17 heavy (non-hydrogen) atoms. The number of aliphatic carboxylic acids is 2. The van der Waals surface area contributed by atoms with Crippen LogP contribution in [0.2, 0.25) is 10.4 Å². The van der Waals surface area contributed by atoms with Gasteiger partial charge in [0.15, 0.2) is 0 Å². The fourth-order valence-electron chi connectivity index (χ4n) is 1.44. The van der Waals surface area contributed by atoms with Gasteiger partial charge < -0.3 is 0 Å². The number of hydrogen-bond acceptors (Lipinski definition) is 3. The van der Waals surface area contributed by atoms with Gasteiger partial charge in [0, 0.05) is 0 Å². The average Bonchev–Trinajstić information content (AvgIpc) is 2.27. The maximum atomic E-state index is 10.8. The molecule has 0 saturated carbocycles. The molecular formula is C11H13AsO4S. The predicted octanol–water partition coefficient (Wildman–Crippen LogP) is 1.28. The number of benzene rings is 1. The second-order valence-electron chi connectivity index (χ2n) is 3.32. The minimum absolute atomic E-state index is 0.0170. The summed E-state index contributed by atoms with van der Waals surface area (Å²) in [6.45, 7) is 0. The maximum absolute atomic E-state index is 10.8. The van der Waals surface area contributed by atoms with E-state index in [1.165, 1.54) is 11.8 Å². The third kappa shape index (κ3) is 4.44. The molecular weight excluding hydrogens is 303 g/mol. The summed E-state index contributed by atoms with van der Waals surface area (Å²) in [5, 5.41) is 17.7. The normalized spacial score (nSPS) is 10.5. The summed E-state index contributed by atoms with van der Waals surface area (Å²) in [5.74, 6) is -1.83. The van der Waals surface area contributed by atoms with E-state index in [9.17, 15) is 9.59 Å². The molecule has 1 aromatic carbocycles. The average molecular weight is 316 g/mol. The van der Waals surface area contributed by atoms with Crippen molar-refractivity contribution in [3.8, 4) is 0 Å². The fourth-order valence-corrected chi connectivity index (χ4v) is 6.93. The molecule has 4 nitrogen and oxygen atoms in total. The number of hydrogen-bond donors (Lipinski definition) is 2. The molecule has 0 radical (unpaired) electrons. The van der Waals surface area contributed by atoms with E-state index in [0.29, 0.717) is 0 Å². The molecule has 0 amide bonds. The Morgan fingerprint density at radius 3 is 2.18 bits per heavy atom. The number of carbonyl (C=O) groups is 2. The van der Waals surface area contributed by atoms with Gasteiger partial charge in [-0.1, -0.05) is 0 Å². The molecule has 92 valence electrons. The zero-order valence-corrected chi connectivity index (χ0v) is 12.0. The van der Waals surface area contributed by atoms with Gasteiger partial charge in [-0.15, -0.1) is 0 Å². The molecule has 0 saturated heterocycles. The van der Waals surface area contributed by atoms with Crippen molar-refractivity contribution in [3.63, 3.8) is 0 Å². The molecule has 0 bridgehead atoms. The van der Waals surface area contributed by atoms with Crippen LogP contribution < -0.4 is 4.35 Å². The molecule has 1 rings (SSSR count). The first kappa shape index (κ1) is 14.1. The van der Waals surface area contributed by atoms with Crippen LogP contribution in [0.15, 0.2) is 29.2 Å². The van der Waals surface area contributed by atoms with Gasteiger partial charge >= 0.3 is 108 Å². The van der Waals surface area contributed by atoms with E-state index in [-0.39, 0.29) is 10.4 Å². The van der Waals surface area contributed by atoms with Crippen LogP contribution in [0.25, 0.3) is 0 Å². The molecule has 1 aromatic rings. The first-order valence-corrected chi connectivity index (χ1v) is 9.68. The molecule has 0 unspecified atom stereocenters. The second kappa shape index (κ2) is 6.72. The monoisotopic (exact) mass is 316 g/mol. The Bertz CT molecular complexity index is 406. The number of carboxylic acid groups (broad SMARTS) is 2. The van der Waals surface area contributed by atoms with Crippen molar-refractivity contribution in [1.29, 1.82) is 0 Å². The van der Waals surface area contributed by atoms with Gasteiger partial charge in [-0.3, -0.25) is 0 Å².